The molecule has 0 spiro atoms. The third-order valence-electron chi connectivity index (χ3n) is 6.61. The Morgan fingerprint density at radius 2 is 1.72 bits per heavy atom. The maximum atomic E-state index is 13.3. The molecule has 1 aromatic carbocycles. The molecule has 1 aromatic heterocycles. The molecule has 2 fully saturated rings. The molecular weight excluding hydrogens is 504 g/mol. The van der Waals surface area contributed by atoms with Gasteiger partial charge in [0.25, 0.3) is 0 Å². The Bertz CT molecular complexity index is 1180. The van der Waals surface area contributed by atoms with E-state index in [1.807, 2.05) is 0 Å². The highest BCUT2D eigenvalue weighted by atomic mass is 32.2. The Kier molecular flexibility index (Phi) is 8.11. The summed E-state index contributed by atoms with van der Waals surface area (Å²) >= 11 is 1.36. The summed E-state index contributed by atoms with van der Waals surface area (Å²) in [5.74, 6) is 0.911. The number of nitrogens with zero attached hydrogens (tertiary/aromatic N) is 5. The number of hydrogen-bond donors (Lipinski definition) is 1. The minimum Gasteiger partial charge on any atom is -0.379 e. The van der Waals surface area contributed by atoms with E-state index in [1.165, 1.54) is 22.5 Å². The Labute approximate surface area is 215 Å². The van der Waals surface area contributed by atoms with Gasteiger partial charge in [0, 0.05) is 39.1 Å². The number of carbonyl (C=O) groups is 1. The average Bonchev–Trinajstić information content (AvgIpc) is 3.14. The van der Waals surface area contributed by atoms with Crippen LogP contribution in [-0.4, -0.2) is 91.8 Å². The highest BCUT2D eigenvalue weighted by Crippen LogP contribution is 2.31. The second kappa shape index (κ2) is 11.5. The first-order valence-corrected chi connectivity index (χ1v) is 14.8. The van der Waals surface area contributed by atoms with Gasteiger partial charge in [-0.05, 0) is 31.0 Å². The van der Waals surface area contributed by atoms with Crippen molar-refractivity contribution in [1.82, 2.24) is 19.1 Å². The SMILES string of the molecule is O=C(CSc1nnc2n1CCCCC2)Nc1cc(S(=O)(=O)N2CCOCC2)ccc1N1CCOCC1. The molecule has 0 bridgehead atoms. The molecule has 1 amide bonds. The highest BCUT2D eigenvalue weighted by molar-refractivity contribution is 7.99. The Morgan fingerprint density at radius 1 is 0.972 bits per heavy atom. The fourth-order valence-corrected chi connectivity index (χ4v) is 6.89. The van der Waals surface area contributed by atoms with Crippen molar-refractivity contribution < 1.29 is 22.7 Å². The van der Waals surface area contributed by atoms with Crippen molar-refractivity contribution in [3.63, 3.8) is 0 Å². The van der Waals surface area contributed by atoms with Crippen molar-refractivity contribution in [2.45, 2.75) is 42.3 Å². The molecule has 0 unspecified atom stereocenters. The first kappa shape index (κ1) is 25.5. The van der Waals surface area contributed by atoms with Crippen molar-refractivity contribution in [2.24, 2.45) is 0 Å². The van der Waals surface area contributed by atoms with Gasteiger partial charge in [0.15, 0.2) is 5.16 Å². The van der Waals surface area contributed by atoms with Gasteiger partial charge in [0.1, 0.15) is 5.82 Å². The zero-order valence-electron chi connectivity index (χ0n) is 20.2. The summed E-state index contributed by atoms with van der Waals surface area (Å²) < 4.78 is 40.8. The van der Waals surface area contributed by atoms with Gasteiger partial charge >= 0.3 is 0 Å². The number of benzene rings is 1. The monoisotopic (exact) mass is 536 g/mol. The second-order valence-corrected chi connectivity index (χ2v) is 11.9. The van der Waals surface area contributed by atoms with Crippen LogP contribution in [0.25, 0.3) is 0 Å². The third kappa shape index (κ3) is 5.70. The molecule has 5 rings (SSSR count). The molecule has 0 radical (unpaired) electrons. The van der Waals surface area contributed by atoms with Crippen LogP contribution in [0.2, 0.25) is 0 Å². The lowest BCUT2D eigenvalue weighted by Gasteiger charge is -2.31. The molecule has 2 aromatic rings. The molecule has 196 valence electrons. The van der Waals surface area contributed by atoms with Crippen LogP contribution in [0.15, 0.2) is 28.3 Å². The number of aromatic nitrogens is 3. The highest BCUT2D eigenvalue weighted by Gasteiger charge is 2.28. The van der Waals surface area contributed by atoms with Gasteiger partial charge in [-0.3, -0.25) is 4.79 Å². The van der Waals surface area contributed by atoms with Gasteiger partial charge in [-0.2, -0.15) is 4.31 Å². The van der Waals surface area contributed by atoms with E-state index in [4.69, 9.17) is 9.47 Å². The van der Waals surface area contributed by atoms with E-state index < -0.39 is 10.0 Å². The maximum Gasteiger partial charge on any atom is 0.243 e. The van der Waals surface area contributed by atoms with Crippen molar-refractivity contribution in [3.05, 3.63) is 24.0 Å². The van der Waals surface area contributed by atoms with E-state index in [2.05, 4.69) is 25.0 Å². The molecule has 3 aliphatic heterocycles. The van der Waals surface area contributed by atoms with Crippen molar-refractivity contribution in [2.75, 3.05) is 68.6 Å². The van der Waals surface area contributed by atoms with E-state index in [9.17, 15) is 13.2 Å². The largest absolute Gasteiger partial charge is 0.379 e. The lowest BCUT2D eigenvalue weighted by molar-refractivity contribution is -0.113. The number of carbonyl (C=O) groups excluding carboxylic acids is 1. The number of aryl methyl sites for hydroxylation is 1. The summed E-state index contributed by atoms with van der Waals surface area (Å²) in [6, 6.07) is 4.96. The van der Waals surface area contributed by atoms with Crippen LogP contribution in [0, 0.1) is 0 Å². The number of anilines is 2. The number of hydrogen-bond acceptors (Lipinski definition) is 9. The smallest absolute Gasteiger partial charge is 0.243 e. The number of morpholine rings is 2. The molecule has 0 aliphatic carbocycles. The van der Waals surface area contributed by atoms with Crippen molar-refractivity contribution in [3.8, 4) is 0 Å². The predicted molar refractivity (Wildman–Crippen MR) is 136 cm³/mol. The molecule has 0 saturated carbocycles. The van der Waals surface area contributed by atoms with Gasteiger partial charge < -0.3 is 24.3 Å². The molecule has 11 nitrogen and oxygen atoms in total. The van der Waals surface area contributed by atoms with Gasteiger partial charge in [-0.25, -0.2) is 8.42 Å². The van der Waals surface area contributed by atoms with Crippen LogP contribution < -0.4 is 10.2 Å². The Morgan fingerprint density at radius 3 is 2.50 bits per heavy atom. The summed E-state index contributed by atoms with van der Waals surface area (Å²) in [5, 5.41) is 12.3. The lowest BCUT2D eigenvalue weighted by Crippen LogP contribution is -2.40. The lowest BCUT2D eigenvalue weighted by atomic mass is 10.2. The third-order valence-corrected chi connectivity index (χ3v) is 9.47. The summed E-state index contributed by atoms with van der Waals surface area (Å²) in [6.07, 6.45) is 4.27. The number of amides is 1. The Balaban J connectivity index is 1.34. The first-order valence-electron chi connectivity index (χ1n) is 12.4. The Hall–Kier alpha value is -2.19. The van der Waals surface area contributed by atoms with E-state index in [1.54, 1.807) is 18.2 Å². The first-order chi connectivity index (χ1) is 17.5. The standard InChI is InChI=1S/C23H32N6O5S2/c30-22(17-35-23-26-25-21-4-2-1-3-7-29(21)23)24-19-16-18(36(31,32)28-10-14-34-15-11-28)5-6-20(19)27-8-12-33-13-9-27/h5-6,16H,1-4,7-15,17H2,(H,24,30). The van der Waals surface area contributed by atoms with Crippen LogP contribution in [0.4, 0.5) is 11.4 Å². The minimum absolute atomic E-state index is 0.154. The van der Waals surface area contributed by atoms with Gasteiger partial charge in [0.2, 0.25) is 15.9 Å². The van der Waals surface area contributed by atoms with Crippen molar-refractivity contribution in [1.29, 1.82) is 0 Å². The topological polar surface area (TPSA) is 119 Å². The fourth-order valence-electron chi connectivity index (χ4n) is 4.67. The minimum atomic E-state index is -3.70. The number of ether oxygens (including phenoxy) is 2. The van der Waals surface area contributed by atoms with E-state index in [0.29, 0.717) is 58.3 Å². The molecule has 4 heterocycles. The molecule has 0 atom stereocenters. The maximum absolute atomic E-state index is 13.3. The summed E-state index contributed by atoms with van der Waals surface area (Å²) in [6.45, 7) is 4.73. The fraction of sp³-hybridized carbons (Fsp3) is 0.609. The molecule has 3 aliphatic rings. The zero-order valence-corrected chi connectivity index (χ0v) is 21.9. The molecule has 36 heavy (non-hydrogen) atoms. The quantitative estimate of drug-likeness (QED) is 0.526. The molecular formula is C23H32N6O5S2. The average molecular weight is 537 g/mol. The number of rotatable bonds is 7. The normalized spacial score (nSPS) is 19.5. The van der Waals surface area contributed by atoms with E-state index in [0.717, 1.165) is 42.5 Å². The van der Waals surface area contributed by atoms with Crippen LogP contribution >= 0.6 is 11.8 Å². The van der Waals surface area contributed by atoms with E-state index in [-0.39, 0.29) is 16.6 Å². The zero-order chi connectivity index (χ0) is 25.0. The number of sulfonamides is 1. The van der Waals surface area contributed by atoms with Crippen LogP contribution in [0.5, 0.6) is 0 Å². The van der Waals surface area contributed by atoms with Crippen LogP contribution in [0.3, 0.4) is 0 Å². The van der Waals surface area contributed by atoms with Crippen molar-refractivity contribution >= 4 is 39.1 Å². The molecule has 13 heteroatoms. The summed E-state index contributed by atoms with van der Waals surface area (Å²) in [5.41, 5.74) is 1.27. The van der Waals surface area contributed by atoms with Gasteiger partial charge in [-0.15, -0.1) is 10.2 Å². The number of fused-ring (bicyclic) bond motifs is 1. The predicted octanol–water partition coefficient (Wildman–Crippen LogP) is 1.59. The van der Waals surface area contributed by atoms with Gasteiger partial charge in [-0.1, -0.05) is 18.2 Å². The summed E-state index contributed by atoms with van der Waals surface area (Å²) in [4.78, 5) is 15.3. The second-order valence-electron chi connectivity index (χ2n) is 8.99. The summed E-state index contributed by atoms with van der Waals surface area (Å²) in [7, 11) is -3.70. The number of nitrogens with one attached hydrogen (secondary N) is 1. The molecule has 1 N–H and O–H groups in total. The van der Waals surface area contributed by atoms with E-state index >= 15 is 0 Å². The van der Waals surface area contributed by atoms with Crippen LogP contribution in [0.1, 0.15) is 25.1 Å². The van der Waals surface area contributed by atoms with Gasteiger partial charge in [0.05, 0.1) is 48.5 Å². The van der Waals surface area contributed by atoms with Crippen LogP contribution in [-0.2, 0) is 37.3 Å². The molecule has 2 saturated heterocycles. The number of thioether (sulfide) groups is 1.